The molecule has 0 spiro atoms. The number of aromatic amines is 1. The zero-order valence-electron chi connectivity index (χ0n) is 19.4. The van der Waals surface area contributed by atoms with E-state index in [0.29, 0.717) is 0 Å². The van der Waals surface area contributed by atoms with Crippen molar-refractivity contribution >= 4 is 11.5 Å². The number of hydrogen-bond acceptors (Lipinski definition) is 4. The fourth-order valence-corrected chi connectivity index (χ4v) is 3.51. The molecular formula is C27H31N3O3. The minimum absolute atomic E-state index is 0.0868. The Kier molecular flexibility index (Phi) is 8.88. The van der Waals surface area contributed by atoms with Gasteiger partial charge in [-0.05, 0) is 60.7 Å². The summed E-state index contributed by atoms with van der Waals surface area (Å²) in [4.78, 5) is 19.7. The third-order valence-corrected chi connectivity index (χ3v) is 5.31. The lowest BCUT2D eigenvalue weighted by atomic mass is 9.97. The van der Waals surface area contributed by atoms with Gasteiger partial charge in [0.15, 0.2) is 0 Å². The number of ether oxygens (including phenoxy) is 2. The van der Waals surface area contributed by atoms with Gasteiger partial charge in [0.1, 0.15) is 17.3 Å². The summed E-state index contributed by atoms with van der Waals surface area (Å²) in [5.74, 6) is 2.45. The Morgan fingerprint density at radius 2 is 1.64 bits per heavy atom. The standard InChI is InChI=1S/C27H31N3O3/c1-20(6-4-8-26-28-18-19-29-26)30-27(31)9-5-7-25(21-10-14-23(32-2)15-11-21)22-12-16-24(33-3)17-13-22/h5,7,9-20H,4,6,8H2,1-3H3,(H,28,29)(H,30,31)/b9-5+. The highest BCUT2D eigenvalue weighted by molar-refractivity contribution is 5.89. The van der Waals surface area contributed by atoms with E-state index >= 15 is 0 Å². The van der Waals surface area contributed by atoms with E-state index in [2.05, 4.69) is 15.3 Å². The highest BCUT2D eigenvalue weighted by Crippen LogP contribution is 2.27. The third-order valence-electron chi connectivity index (χ3n) is 5.31. The molecule has 1 atom stereocenters. The topological polar surface area (TPSA) is 76.2 Å². The lowest BCUT2D eigenvalue weighted by molar-refractivity contribution is -0.117. The van der Waals surface area contributed by atoms with E-state index in [-0.39, 0.29) is 11.9 Å². The van der Waals surface area contributed by atoms with E-state index in [0.717, 1.165) is 53.3 Å². The summed E-state index contributed by atoms with van der Waals surface area (Å²) in [6, 6.07) is 15.8. The Morgan fingerprint density at radius 3 is 2.15 bits per heavy atom. The average Bonchev–Trinajstić information content (AvgIpc) is 3.36. The quantitative estimate of drug-likeness (QED) is 0.324. The smallest absolute Gasteiger partial charge is 0.244 e. The number of methoxy groups -OCH3 is 2. The molecule has 1 unspecified atom stereocenters. The number of aryl methyl sites for hydroxylation is 1. The zero-order valence-corrected chi connectivity index (χ0v) is 19.4. The molecule has 33 heavy (non-hydrogen) atoms. The van der Waals surface area contributed by atoms with Crippen molar-refractivity contribution in [2.75, 3.05) is 14.2 Å². The first-order valence-corrected chi connectivity index (χ1v) is 11.0. The molecule has 2 N–H and O–H groups in total. The molecular weight excluding hydrogens is 414 g/mol. The van der Waals surface area contributed by atoms with E-state index in [1.807, 2.05) is 67.7 Å². The number of benzene rings is 2. The monoisotopic (exact) mass is 445 g/mol. The second-order valence-corrected chi connectivity index (χ2v) is 7.73. The van der Waals surface area contributed by atoms with Crippen LogP contribution in [0.5, 0.6) is 11.5 Å². The minimum Gasteiger partial charge on any atom is -0.497 e. The molecule has 0 radical (unpaired) electrons. The molecule has 0 saturated heterocycles. The summed E-state index contributed by atoms with van der Waals surface area (Å²) in [5, 5.41) is 3.02. The Hall–Kier alpha value is -3.80. The molecule has 2 aromatic carbocycles. The van der Waals surface area contributed by atoms with Crippen LogP contribution in [0.4, 0.5) is 0 Å². The van der Waals surface area contributed by atoms with Crippen LogP contribution < -0.4 is 14.8 Å². The molecule has 6 heteroatoms. The van der Waals surface area contributed by atoms with Gasteiger partial charge in [-0.2, -0.15) is 0 Å². The normalized spacial score (nSPS) is 11.7. The average molecular weight is 446 g/mol. The number of allylic oxidation sites excluding steroid dienone is 2. The maximum atomic E-state index is 12.4. The van der Waals surface area contributed by atoms with Crippen molar-refractivity contribution < 1.29 is 14.3 Å². The number of nitrogens with zero attached hydrogens (tertiary/aromatic N) is 1. The van der Waals surface area contributed by atoms with Crippen LogP contribution >= 0.6 is 0 Å². The predicted molar refractivity (Wildman–Crippen MR) is 131 cm³/mol. The predicted octanol–water partition coefficient (Wildman–Crippen LogP) is 4.94. The van der Waals surface area contributed by atoms with Gasteiger partial charge < -0.3 is 19.8 Å². The van der Waals surface area contributed by atoms with Gasteiger partial charge in [0.05, 0.1) is 14.2 Å². The third kappa shape index (κ3) is 7.38. The molecule has 172 valence electrons. The van der Waals surface area contributed by atoms with E-state index in [9.17, 15) is 4.79 Å². The lowest BCUT2D eigenvalue weighted by Gasteiger charge is -2.12. The number of rotatable bonds is 11. The van der Waals surface area contributed by atoms with E-state index < -0.39 is 0 Å². The first-order valence-electron chi connectivity index (χ1n) is 11.0. The summed E-state index contributed by atoms with van der Waals surface area (Å²) in [5.41, 5.74) is 3.05. The number of nitrogens with one attached hydrogen (secondary N) is 2. The number of aromatic nitrogens is 2. The highest BCUT2D eigenvalue weighted by atomic mass is 16.5. The second kappa shape index (κ2) is 12.3. The Balaban J connectivity index is 1.65. The van der Waals surface area contributed by atoms with E-state index in [1.165, 1.54) is 0 Å². The molecule has 6 nitrogen and oxygen atoms in total. The summed E-state index contributed by atoms with van der Waals surface area (Å²) in [6.45, 7) is 2.02. The van der Waals surface area contributed by atoms with Crippen molar-refractivity contribution in [3.63, 3.8) is 0 Å². The second-order valence-electron chi connectivity index (χ2n) is 7.73. The summed E-state index contributed by atoms with van der Waals surface area (Å²) >= 11 is 0. The fraction of sp³-hybridized carbons (Fsp3) is 0.259. The number of carbonyl (C=O) groups excluding carboxylic acids is 1. The van der Waals surface area contributed by atoms with Crippen molar-refractivity contribution in [3.05, 3.63) is 96.1 Å². The van der Waals surface area contributed by atoms with Crippen molar-refractivity contribution in [2.45, 2.75) is 32.2 Å². The van der Waals surface area contributed by atoms with Gasteiger partial charge >= 0.3 is 0 Å². The molecule has 0 aliphatic carbocycles. The SMILES string of the molecule is COc1ccc(C(=C/C=C/C(=O)NC(C)CCCc2ncc[nH]2)c2ccc(OC)cc2)cc1. The van der Waals surface area contributed by atoms with Crippen LogP contribution in [-0.2, 0) is 11.2 Å². The van der Waals surface area contributed by atoms with Crippen LogP contribution in [0.2, 0.25) is 0 Å². The zero-order chi connectivity index (χ0) is 23.5. The Bertz CT molecular complexity index is 1000. The van der Waals surface area contributed by atoms with E-state index in [4.69, 9.17) is 9.47 Å². The fourth-order valence-electron chi connectivity index (χ4n) is 3.51. The summed E-state index contributed by atoms with van der Waals surface area (Å²) < 4.78 is 10.6. The maximum absolute atomic E-state index is 12.4. The number of amides is 1. The number of imidazole rings is 1. The molecule has 1 amide bonds. The van der Waals surface area contributed by atoms with Crippen LogP contribution in [0.15, 0.2) is 79.2 Å². The Morgan fingerprint density at radius 1 is 1.03 bits per heavy atom. The first kappa shape index (κ1) is 23.9. The van der Waals surface area contributed by atoms with Gasteiger partial charge in [0, 0.05) is 30.9 Å². The summed E-state index contributed by atoms with van der Waals surface area (Å²) in [6.07, 6.45) is 11.6. The van der Waals surface area contributed by atoms with Crippen molar-refractivity contribution in [1.29, 1.82) is 0 Å². The van der Waals surface area contributed by atoms with Crippen LogP contribution in [0.3, 0.4) is 0 Å². The van der Waals surface area contributed by atoms with Gasteiger partial charge in [-0.15, -0.1) is 0 Å². The van der Waals surface area contributed by atoms with Gasteiger partial charge in [0.2, 0.25) is 5.91 Å². The van der Waals surface area contributed by atoms with Crippen LogP contribution in [0, 0.1) is 0 Å². The number of hydrogen-bond donors (Lipinski definition) is 2. The van der Waals surface area contributed by atoms with Gasteiger partial charge in [-0.1, -0.05) is 36.4 Å². The van der Waals surface area contributed by atoms with Crippen molar-refractivity contribution in [2.24, 2.45) is 0 Å². The molecule has 3 aromatic rings. The maximum Gasteiger partial charge on any atom is 0.244 e. The van der Waals surface area contributed by atoms with Gasteiger partial charge in [0.25, 0.3) is 0 Å². The number of H-pyrrole nitrogens is 1. The van der Waals surface area contributed by atoms with Crippen LogP contribution in [0.1, 0.15) is 36.7 Å². The lowest BCUT2D eigenvalue weighted by Crippen LogP contribution is -2.31. The van der Waals surface area contributed by atoms with Gasteiger partial charge in [-0.25, -0.2) is 4.98 Å². The van der Waals surface area contributed by atoms with Crippen molar-refractivity contribution in [3.8, 4) is 11.5 Å². The minimum atomic E-state index is -0.111. The van der Waals surface area contributed by atoms with Crippen LogP contribution in [0.25, 0.3) is 5.57 Å². The highest BCUT2D eigenvalue weighted by Gasteiger charge is 2.07. The van der Waals surface area contributed by atoms with Gasteiger partial charge in [-0.3, -0.25) is 4.79 Å². The molecule has 0 aliphatic rings. The largest absolute Gasteiger partial charge is 0.497 e. The molecule has 0 bridgehead atoms. The first-order chi connectivity index (χ1) is 16.1. The Labute approximate surface area is 195 Å². The molecule has 1 heterocycles. The van der Waals surface area contributed by atoms with Crippen molar-refractivity contribution in [1.82, 2.24) is 15.3 Å². The molecule has 0 aliphatic heterocycles. The molecule has 3 rings (SSSR count). The number of carbonyl (C=O) groups is 1. The molecule has 1 aromatic heterocycles. The molecule has 0 saturated carbocycles. The molecule has 0 fully saturated rings. The van der Waals surface area contributed by atoms with E-state index in [1.54, 1.807) is 32.6 Å². The summed E-state index contributed by atoms with van der Waals surface area (Å²) in [7, 11) is 3.29. The van der Waals surface area contributed by atoms with Crippen LogP contribution in [-0.4, -0.2) is 36.1 Å².